The van der Waals surface area contributed by atoms with Crippen LogP contribution in [0.1, 0.15) is 30.0 Å². The van der Waals surface area contributed by atoms with Crippen LogP contribution in [-0.2, 0) is 4.79 Å². The van der Waals surface area contributed by atoms with Crippen LogP contribution < -0.4 is 4.74 Å². The Kier molecular flexibility index (Phi) is 5.55. The molecule has 6 nitrogen and oxygen atoms in total. The third kappa shape index (κ3) is 4.27. The fourth-order valence-electron chi connectivity index (χ4n) is 3.73. The predicted molar refractivity (Wildman–Crippen MR) is 119 cm³/mol. The van der Waals surface area contributed by atoms with Gasteiger partial charge in [0.1, 0.15) is 17.3 Å². The van der Waals surface area contributed by atoms with Crippen molar-refractivity contribution < 1.29 is 24.0 Å². The summed E-state index contributed by atoms with van der Waals surface area (Å²) < 4.78 is 19.5. The molecule has 0 aromatic heterocycles. The largest absolute Gasteiger partial charge is 0.481 e. The molecule has 0 saturated heterocycles. The second-order valence-corrected chi connectivity index (χ2v) is 7.35. The zero-order valence-corrected chi connectivity index (χ0v) is 17.0. The number of nitro benzene ring substituents is 1. The zero-order chi connectivity index (χ0) is 22.8. The molecule has 7 heteroatoms. The number of allylic oxidation sites excluding steroid dienone is 2. The summed E-state index contributed by atoms with van der Waals surface area (Å²) in [4.78, 5) is 21.7. The molecule has 0 saturated carbocycles. The molecule has 0 heterocycles. The maximum atomic E-state index is 13.8. The van der Waals surface area contributed by atoms with Crippen LogP contribution in [0.15, 0.2) is 72.3 Å². The number of halogens is 1. The average Bonchev–Trinajstić information content (AvgIpc) is 3.00. The van der Waals surface area contributed by atoms with Gasteiger partial charge >= 0.3 is 5.97 Å². The number of carboxylic acids is 1. The van der Waals surface area contributed by atoms with Gasteiger partial charge in [0.15, 0.2) is 0 Å². The first-order valence-electron chi connectivity index (χ1n) is 9.78. The fraction of sp³-hybridized carbons (Fsp3) is 0.0800. The maximum absolute atomic E-state index is 13.8. The van der Waals surface area contributed by atoms with Gasteiger partial charge in [0.05, 0.1) is 17.4 Å². The highest BCUT2D eigenvalue weighted by Crippen LogP contribution is 2.43. The van der Waals surface area contributed by atoms with Gasteiger partial charge in [-0.25, -0.2) is 4.39 Å². The number of carboxylic acid groups (broad SMARTS) is 1. The SMILES string of the molecule is CC1=C(CC(=O)O)c2cc(F)ccc2/C1=C\c1ccc(Oc2cccc([N+](=O)[O-])c2)cc1. The molecule has 1 aliphatic carbocycles. The van der Waals surface area contributed by atoms with Gasteiger partial charge in [-0.2, -0.15) is 0 Å². The molecule has 160 valence electrons. The predicted octanol–water partition coefficient (Wildman–Crippen LogP) is 6.33. The average molecular weight is 431 g/mol. The molecule has 0 amide bonds. The summed E-state index contributed by atoms with van der Waals surface area (Å²) in [7, 11) is 0. The van der Waals surface area contributed by atoms with Gasteiger partial charge in [0.25, 0.3) is 5.69 Å². The number of non-ortho nitro benzene ring substituents is 1. The molecule has 3 aromatic carbocycles. The van der Waals surface area contributed by atoms with E-state index >= 15 is 0 Å². The first-order chi connectivity index (χ1) is 15.3. The normalized spacial score (nSPS) is 13.9. The quantitative estimate of drug-likeness (QED) is 0.364. The van der Waals surface area contributed by atoms with E-state index in [1.54, 1.807) is 30.3 Å². The van der Waals surface area contributed by atoms with E-state index in [1.807, 2.05) is 25.1 Å². The number of benzene rings is 3. The molecule has 0 fully saturated rings. The minimum atomic E-state index is -0.974. The van der Waals surface area contributed by atoms with Crippen LogP contribution >= 0.6 is 0 Å². The Bertz CT molecular complexity index is 1290. The summed E-state index contributed by atoms with van der Waals surface area (Å²) in [6.07, 6.45) is 1.73. The molecule has 0 atom stereocenters. The van der Waals surface area contributed by atoms with Gasteiger partial charge in [0, 0.05) is 6.07 Å². The van der Waals surface area contributed by atoms with E-state index in [2.05, 4.69) is 0 Å². The first kappa shape index (κ1) is 21.0. The summed E-state index contributed by atoms with van der Waals surface area (Å²) >= 11 is 0. The molecule has 0 aliphatic heterocycles. The number of fused-ring (bicyclic) bond motifs is 1. The number of nitro groups is 1. The van der Waals surface area contributed by atoms with Gasteiger partial charge in [-0.1, -0.05) is 24.3 Å². The molecule has 0 unspecified atom stereocenters. The standard InChI is InChI=1S/C25H18FNO5/c1-15-22(21-10-7-17(26)12-24(21)23(15)14-25(28)29)11-16-5-8-19(9-6-16)32-20-4-2-3-18(13-20)27(30)31/h2-13H,14H2,1H3,(H,28,29)/b22-11-. The maximum Gasteiger partial charge on any atom is 0.307 e. The smallest absolute Gasteiger partial charge is 0.307 e. The van der Waals surface area contributed by atoms with Crippen LogP contribution in [0.25, 0.3) is 17.2 Å². The lowest BCUT2D eigenvalue weighted by molar-refractivity contribution is -0.384. The van der Waals surface area contributed by atoms with E-state index < -0.39 is 16.7 Å². The molecule has 1 aliphatic rings. The van der Waals surface area contributed by atoms with E-state index in [0.29, 0.717) is 22.6 Å². The Morgan fingerprint density at radius 3 is 2.50 bits per heavy atom. The molecular formula is C25H18FNO5. The first-order valence-corrected chi connectivity index (χ1v) is 9.78. The van der Waals surface area contributed by atoms with E-state index in [9.17, 15) is 24.4 Å². The number of hydrogen-bond donors (Lipinski definition) is 1. The summed E-state index contributed by atoms with van der Waals surface area (Å²) in [6, 6.07) is 17.4. The summed E-state index contributed by atoms with van der Waals surface area (Å²) in [5, 5.41) is 20.2. The Balaban J connectivity index is 1.63. The number of carbonyl (C=O) groups is 1. The monoisotopic (exact) mass is 431 g/mol. The van der Waals surface area contributed by atoms with Gasteiger partial charge in [-0.05, 0) is 76.7 Å². The van der Waals surface area contributed by atoms with Crippen LogP contribution in [0, 0.1) is 15.9 Å². The third-order valence-electron chi connectivity index (χ3n) is 5.24. The zero-order valence-electron chi connectivity index (χ0n) is 17.0. The van der Waals surface area contributed by atoms with Crippen LogP contribution in [0.2, 0.25) is 0 Å². The van der Waals surface area contributed by atoms with Crippen molar-refractivity contribution in [2.24, 2.45) is 0 Å². The fourth-order valence-corrected chi connectivity index (χ4v) is 3.73. The second kappa shape index (κ2) is 8.47. The number of ether oxygens (including phenoxy) is 1. The molecule has 0 spiro atoms. The highest BCUT2D eigenvalue weighted by molar-refractivity contribution is 6.07. The van der Waals surface area contributed by atoms with E-state index in [4.69, 9.17) is 4.74 Å². The Morgan fingerprint density at radius 2 is 1.81 bits per heavy atom. The van der Waals surface area contributed by atoms with Crippen molar-refractivity contribution in [1.82, 2.24) is 0 Å². The summed E-state index contributed by atoms with van der Waals surface area (Å²) in [5.74, 6) is -0.517. The van der Waals surface area contributed by atoms with Crippen molar-refractivity contribution in [1.29, 1.82) is 0 Å². The lowest BCUT2D eigenvalue weighted by Gasteiger charge is -2.07. The highest BCUT2D eigenvalue weighted by atomic mass is 19.1. The molecule has 32 heavy (non-hydrogen) atoms. The summed E-state index contributed by atoms with van der Waals surface area (Å²) in [5.41, 5.74) is 4.41. The Hall–Kier alpha value is -4.26. The number of nitrogens with zero attached hydrogens (tertiary/aromatic N) is 1. The van der Waals surface area contributed by atoms with E-state index in [-0.39, 0.29) is 12.1 Å². The second-order valence-electron chi connectivity index (χ2n) is 7.35. The van der Waals surface area contributed by atoms with Crippen LogP contribution in [-0.4, -0.2) is 16.0 Å². The van der Waals surface area contributed by atoms with Gasteiger partial charge in [-0.15, -0.1) is 0 Å². The van der Waals surface area contributed by atoms with Crippen molar-refractivity contribution in [2.75, 3.05) is 0 Å². The third-order valence-corrected chi connectivity index (χ3v) is 5.24. The van der Waals surface area contributed by atoms with E-state index in [1.165, 1.54) is 24.3 Å². The van der Waals surface area contributed by atoms with Crippen molar-refractivity contribution in [3.8, 4) is 11.5 Å². The number of aliphatic carboxylic acids is 1. The topological polar surface area (TPSA) is 89.7 Å². The van der Waals surface area contributed by atoms with Gasteiger partial charge in [-0.3, -0.25) is 14.9 Å². The lowest BCUT2D eigenvalue weighted by atomic mass is 10.0. The van der Waals surface area contributed by atoms with Crippen molar-refractivity contribution in [3.63, 3.8) is 0 Å². The number of hydrogen-bond acceptors (Lipinski definition) is 4. The Labute approximate surface area is 183 Å². The molecule has 3 aromatic rings. The molecule has 0 radical (unpaired) electrons. The minimum absolute atomic E-state index is 0.0559. The Morgan fingerprint density at radius 1 is 1.06 bits per heavy atom. The molecule has 0 bridgehead atoms. The molecule has 4 rings (SSSR count). The number of rotatable bonds is 6. The molecule has 1 N–H and O–H groups in total. The minimum Gasteiger partial charge on any atom is -0.481 e. The van der Waals surface area contributed by atoms with Crippen molar-refractivity contribution in [3.05, 3.63) is 105 Å². The van der Waals surface area contributed by atoms with Gasteiger partial charge < -0.3 is 9.84 Å². The van der Waals surface area contributed by atoms with Crippen LogP contribution in [0.4, 0.5) is 10.1 Å². The highest BCUT2D eigenvalue weighted by Gasteiger charge is 2.25. The van der Waals surface area contributed by atoms with Crippen molar-refractivity contribution in [2.45, 2.75) is 13.3 Å². The lowest BCUT2D eigenvalue weighted by Crippen LogP contribution is -1.97. The van der Waals surface area contributed by atoms with Gasteiger partial charge in [0.2, 0.25) is 0 Å². The van der Waals surface area contributed by atoms with Crippen molar-refractivity contribution >= 4 is 28.9 Å². The van der Waals surface area contributed by atoms with E-state index in [0.717, 1.165) is 22.3 Å². The van der Waals surface area contributed by atoms with Crippen LogP contribution in [0.5, 0.6) is 11.5 Å². The molecular weight excluding hydrogens is 413 g/mol. The summed E-state index contributed by atoms with van der Waals surface area (Å²) in [6.45, 7) is 1.84. The van der Waals surface area contributed by atoms with Crippen LogP contribution in [0.3, 0.4) is 0 Å².